The lowest BCUT2D eigenvalue weighted by atomic mass is 10.2. The van der Waals surface area contributed by atoms with Gasteiger partial charge in [0.1, 0.15) is 0 Å². The Morgan fingerprint density at radius 3 is 2.93 bits per heavy atom. The van der Waals surface area contributed by atoms with Crippen molar-refractivity contribution in [1.82, 2.24) is 10.2 Å². The summed E-state index contributed by atoms with van der Waals surface area (Å²) in [5.41, 5.74) is 0. The maximum Gasteiger partial charge on any atom is 0.0700 e. The molecule has 0 aromatic heterocycles. The summed E-state index contributed by atoms with van der Waals surface area (Å²) in [7, 11) is 3.72. The second kappa shape index (κ2) is 8.05. The van der Waals surface area contributed by atoms with Gasteiger partial charge in [-0.2, -0.15) is 0 Å². The maximum absolute atomic E-state index is 5.48. The second-order valence-corrected chi connectivity index (χ2v) is 3.99. The Morgan fingerprint density at radius 1 is 1.33 bits per heavy atom. The Bertz CT molecular complexity index is 156. The Labute approximate surface area is 92.9 Å². The van der Waals surface area contributed by atoms with Crippen LogP contribution in [0.1, 0.15) is 12.8 Å². The van der Waals surface area contributed by atoms with E-state index >= 15 is 0 Å². The molecule has 1 N–H and O–H groups in total. The summed E-state index contributed by atoms with van der Waals surface area (Å²) < 4.78 is 10.4. The standard InChI is InChI=1S/C11H24N2O2/c1-12-10-11-4-3-5-13(11)6-7-15-9-8-14-2/h11-12H,3-10H2,1-2H3. The van der Waals surface area contributed by atoms with E-state index in [1.807, 2.05) is 7.05 Å². The molecule has 1 heterocycles. The highest BCUT2D eigenvalue weighted by Crippen LogP contribution is 2.15. The molecule has 0 bridgehead atoms. The molecule has 1 fully saturated rings. The Balaban J connectivity index is 2.03. The van der Waals surface area contributed by atoms with Crippen LogP contribution in [0.3, 0.4) is 0 Å². The minimum absolute atomic E-state index is 0.694. The molecular weight excluding hydrogens is 192 g/mol. The monoisotopic (exact) mass is 216 g/mol. The highest BCUT2D eigenvalue weighted by atomic mass is 16.5. The highest BCUT2D eigenvalue weighted by Gasteiger charge is 2.22. The predicted molar refractivity (Wildman–Crippen MR) is 61.2 cm³/mol. The summed E-state index contributed by atoms with van der Waals surface area (Å²) >= 11 is 0. The maximum atomic E-state index is 5.48. The van der Waals surface area contributed by atoms with E-state index in [-0.39, 0.29) is 0 Å². The lowest BCUT2D eigenvalue weighted by Crippen LogP contribution is -2.38. The number of hydrogen-bond donors (Lipinski definition) is 1. The first-order chi connectivity index (χ1) is 7.38. The van der Waals surface area contributed by atoms with Crippen LogP contribution in [-0.4, -0.2) is 64.6 Å². The third-order valence-electron chi connectivity index (χ3n) is 2.89. The molecule has 4 heteroatoms. The Hall–Kier alpha value is -0.160. The van der Waals surface area contributed by atoms with Gasteiger partial charge >= 0.3 is 0 Å². The number of nitrogens with zero attached hydrogens (tertiary/aromatic N) is 1. The van der Waals surface area contributed by atoms with Gasteiger partial charge in [0.2, 0.25) is 0 Å². The van der Waals surface area contributed by atoms with E-state index in [0.29, 0.717) is 19.3 Å². The summed E-state index contributed by atoms with van der Waals surface area (Å²) in [6.07, 6.45) is 2.64. The summed E-state index contributed by atoms with van der Waals surface area (Å²) in [5.74, 6) is 0. The summed E-state index contributed by atoms with van der Waals surface area (Å²) in [6, 6.07) is 0.709. The normalized spacial score (nSPS) is 22.4. The van der Waals surface area contributed by atoms with Crippen LogP contribution in [-0.2, 0) is 9.47 Å². The number of likely N-dealkylation sites (N-methyl/N-ethyl adjacent to an activating group) is 1. The summed E-state index contributed by atoms with van der Waals surface area (Å²) in [4.78, 5) is 2.52. The minimum atomic E-state index is 0.694. The zero-order chi connectivity index (χ0) is 10.9. The van der Waals surface area contributed by atoms with E-state index in [2.05, 4.69) is 10.2 Å². The molecule has 0 amide bonds. The molecule has 4 nitrogen and oxygen atoms in total. The second-order valence-electron chi connectivity index (χ2n) is 3.99. The lowest BCUT2D eigenvalue weighted by molar-refractivity contribution is 0.0553. The average molecular weight is 216 g/mol. The van der Waals surface area contributed by atoms with Gasteiger partial charge < -0.3 is 14.8 Å². The van der Waals surface area contributed by atoms with Crippen LogP contribution in [0.5, 0.6) is 0 Å². The molecule has 0 radical (unpaired) electrons. The number of rotatable bonds is 8. The zero-order valence-electron chi connectivity index (χ0n) is 10.00. The smallest absolute Gasteiger partial charge is 0.0700 e. The van der Waals surface area contributed by atoms with Crippen LogP contribution in [0.4, 0.5) is 0 Å². The van der Waals surface area contributed by atoms with Gasteiger partial charge in [-0.15, -0.1) is 0 Å². The van der Waals surface area contributed by atoms with Gasteiger partial charge in [0.15, 0.2) is 0 Å². The molecule has 1 saturated heterocycles. The van der Waals surface area contributed by atoms with Crippen LogP contribution in [0.25, 0.3) is 0 Å². The number of ether oxygens (including phenoxy) is 2. The van der Waals surface area contributed by atoms with Gasteiger partial charge in [-0.25, -0.2) is 0 Å². The van der Waals surface area contributed by atoms with Crippen molar-refractivity contribution in [3.05, 3.63) is 0 Å². The van der Waals surface area contributed by atoms with Crippen LogP contribution in [0.2, 0.25) is 0 Å². The molecule has 0 saturated carbocycles. The summed E-state index contributed by atoms with van der Waals surface area (Å²) in [6.45, 7) is 5.60. The number of likely N-dealkylation sites (tertiary alicyclic amines) is 1. The van der Waals surface area contributed by atoms with E-state index in [4.69, 9.17) is 9.47 Å². The molecule has 1 atom stereocenters. The van der Waals surface area contributed by atoms with Crippen LogP contribution < -0.4 is 5.32 Å². The fourth-order valence-corrected chi connectivity index (χ4v) is 2.08. The van der Waals surface area contributed by atoms with E-state index in [9.17, 15) is 0 Å². The van der Waals surface area contributed by atoms with E-state index in [1.54, 1.807) is 7.11 Å². The molecule has 1 rings (SSSR count). The average Bonchev–Trinajstić information content (AvgIpc) is 2.66. The fourth-order valence-electron chi connectivity index (χ4n) is 2.08. The van der Waals surface area contributed by atoms with Gasteiger partial charge in [-0.05, 0) is 26.4 Å². The third-order valence-corrected chi connectivity index (χ3v) is 2.89. The van der Waals surface area contributed by atoms with Crippen molar-refractivity contribution in [2.45, 2.75) is 18.9 Å². The predicted octanol–water partition coefficient (Wildman–Crippen LogP) is 0.333. The molecular formula is C11H24N2O2. The van der Waals surface area contributed by atoms with Gasteiger partial charge in [0.25, 0.3) is 0 Å². The van der Waals surface area contributed by atoms with Crippen molar-refractivity contribution in [2.24, 2.45) is 0 Å². The largest absolute Gasteiger partial charge is 0.382 e. The third kappa shape index (κ3) is 4.93. The number of hydrogen-bond acceptors (Lipinski definition) is 4. The topological polar surface area (TPSA) is 33.7 Å². The molecule has 0 aromatic carbocycles. The molecule has 0 spiro atoms. The Morgan fingerprint density at radius 2 is 2.20 bits per heavy atom. The van der Waals surface area contributed by atoms with Crippen LogP contribution >= 0.6 is 0 Å². The summed E-state index contributed by atoms with van der Waals surface area (Å²) in [5, 5.41) is 3.25. The fraction of sp³-hybridized carbons (Fsp3) is 1.00. The van der Waals surface area contributed by atoms with Crippen molar-refractivity contribution in [3.8, 4) is 0 Å². The molecule has 0 aliphatic carbocycles. The Kier molecular flexibility index (Phi) is 6.92. The molecule has 1 aliphatic heterocycles. The van der Waals surface area contributed by atoms with Crippen LogP contribution in [0.15, 0.2) is 0 Å². The van der Waals surface area contributed by atoms with Crippen molar-refractivity contribution in [3.63, 3.8) is 0 Å². The van der Waals surface area contributed by atoms with Gasteiger partial charge in [0, 0.05) is 26.2 Å². The van der Waals surface area contributed by atoms with Crippen LogP contribution in [0, 0.1) is 0 Å². The SMILES string of the molecule is CNCC1CCCN1CCOCCOC. The lowest BCUT2D eigenvalue weighted by Gasteiger charge is -2.23. The van der Waals surface area contributed by atoms with Crippen molar-refractivity contribution in [1.29, 1.82) is 0 Å². The van der Waals surface area contributed by atoms with E-state index in [0.717, 1.165) is 19.7 Å². The first-order valence-electron chi connectivity index (χ1n) is 5.83. The first-order valence-corrected chi connectivity index (χ1v) is 5.83. The van der Waals surface area contributed by atoms with Gasteiger partial charge in [-0.1, -0.05) is 0 Å². The zero-order valence-corrected chi connectivity index (χ0v) is 10.00. The molecule has 90 valence electrons. The molecule has 1 aliphatic rings. The molecule has 0 aromatic rings. The van der Waals surface area contributed by atoms with Crippen molar-refractivity contribution in [2.75, 3.05) is 53.6 Å². The molecule has 1 unspecified atom stereocenters. The minimum Gasteiger partial charge on any atom is -0.382 e. The number of methoxy groups -OCH3 is 1. The van der Waals surface area contributed by atoms with Crippen molar-refractivity contribution >= 4 is 0 Å². The highest BCUT2D eigenvalue weighted by molar-refractivity contribution is 4.80. The van der Waals surface area contributed by atoms with Gasteiger partial charge in [0.05, 0.1) is 19.8 Å². The van der Waals surface area contributed by atoms with E-state index in [1.165, 1.54) is 19.4 Å². The first kappa shape index (κ1) is 12.9. The van der Waals surface area contributed by atoms with Crippen molar-refractivity contribution < 1.29 is 9.47 Å². The molecule has 15 heavy (non-hydrogen) atoms. The van der Waals surface area contributed by atoms with Gasteiger partial charge in [-0.3, -0.25) is 4.90 Å². The number of nitrogens with one attached hydrogen (secondary N) is 1. The quantitative estimate of drug-likeness (QED) is 0.593. The van der Waals surface area contributed by atoms with E-state index < -0.39 is 0 Å².